The van der Waals surface area contributed by atoms with E-state index in [1.165, 1.54) is 19.3 Å². The van der Waals surface area contributed by atoms with E-state index in [9.17, 15) is 4.79 Å². The summed E-state index contributed by atoms with van der Waals surface area (Å²) in [6, 6.07) is 17.2. The van der Waals surface area contributed by atoms with Crippen LogP contribution in [0.5, 0.6) is 0 Å². The molecule has 3 rings (SSSR count). The highest BCUT2D eigenvalue weighted by molar-refractivity contribution is 6.30. The smallest absolute Gasteiger partial charge is 0.246 e. The Morgan fingerprint density at radius 3 is 2.29 bits per heavy atom. The van der Waals surface area contributed by atoms with E-state index in [0.29, 0.717) is 11.1 Å². The average molecular weight is 343 g/mol. The molecule has 1 fully saturated rings. The lowest BCUT2D eigenvalue weighted by molar-refractivity contribution is -0.118. The Balaban J connectivity index is 1.75. The van der Waals surface area contributed by atoms with Crippen LogP contribution in [0, 0.1) is 0 Å². The molecular formula is C20H23ClN2O. The number of halogens is 1. The van der Waals surface area contributed by atoms with Gasteiger partial charge in [-0.3, -0.25) is 10.1 Å². The second kappa shape index (κ2) is 8.32. The lowest BCUT2D eigenvalue weighted by Crippen LogP contribution is -2.40. The summed E-state index contributed by atoms with van der Waals surface area (Å²) in [5.41, 5.74) is 1.75. The van der Waals surface area contributed by atoms with Crippen molar-refractivity contribution in [1.82, 2.24) is 5.32 Å². The number of hydrogen-bond donors (Lipinski definition) is 2. The van der Waals surface area contributed by atoms with Crippen LogP contribution in [0.15, 0.2) is 54.6 Å². The van der Waals surface area contributed by atoms with Crippen molar-refractivity contribution in [3.8, 4) is 0 Å². The maximum atomic E-state index is 12.9. The SMILES string of the molecule is O=C(Nc1ccc(Cl)cc1)[C@H](NC1CCCCC1)c1ccccc1. The van der Waals surface area contributed by atoms with E-state index >= 15 is 0 Å². The van der Waals surface area contributed by atoms with Gasteiger partial charge in [0.05, 0.1) is 0 Å². The minimum atomic E-state index is -0.343. The summed E-state index contributed by atoms with van der Waals surface area (Å²) in [6.45, 7) is 0. The zero-order valence-corrected chi connectivity index (χ0v) is 14.4. The largest absolute Gasteiger partial charge is 0.324 e. The van der Waals surface area contributed by atoms with Crippen molar-refractivity contribution in [2.45, 2.75) is 44.2 Å². The van der Waals surface area contributed by atoms with Gasteiger partial charge in [0.2, 0.25) is 5.91 Å². The first-order valence-corrected chi connectivity index (χ1v) is 8.97. The Labute approximate surface area is 148 Å². The third kappa shape index (κ3) is 4.59. The standard InChI is InChI=1S/C20H23ClN2O/c21-16-11-13-18(14-12-16)23-20(24)19(15-7-3-1-4-8-15)22-17-9-5-2-6-10-17/h1,3-4,7-8,11-14,17,19,22H,2,5-6,9-10H2,(H,23,24)/t19-/m1/s1. The maximum Gasteiger partial charge on any atom is 0.246 e. The predicted octanol–water partition coefficient (Wildman–Crippen LogP) is 4.94. The van der Waals surface area contributed by atoms with Gasteiger partial charge in [0, 0.05) is 16.8 Å². The van der Waals surface area contributed by atoms with Gasteiger partial charge in [-0.05, 0) is 42.7 Å². The first kappa shape index (κ1) is 17.0. The summed E-state index contributed by atoms with van der Waals surface area (Å²) < 4.78 is 0. The molecule has 3 nitrogen and oxygen atoms in total. The molecule has 2 aromatic carbocycles. The van der Waals surface area contributed by atoms with Crippen LogP contribution in [-0.4, -0.2) is 11.9 Å². The van der Waals surface area contributed by atoms with Crippen LogP contribution in [0.3, 0.4) is 0 Å². The van der Waals surface area contributed by atoms with Crippen LogP contribution in [0.25, 0.3) is 0 Å². The summed E-state index contributed by atoms with van der Waals surface area (Å²) in [5.74, 6) is -0.0332. The molecule has 0 heterocycles. The lowest BCUT2D eigenvalue weighted by atomic mass is 9.93. The van der Waals surface area contributed by atoms with Gasteiger partial charge < -0.3 is 5.32 Å². The van der Waals surface area contributed by atoms with Gasteiger partial charge >= 0.3 is 0 Å². The molecule has 1 amide bonds. The Hall–Kier alpha value is -1.84. The van der Waals surface area contributed by atoms with Crippen molar-refractivity contribution in [1.29, 1.82) is 0 Å². The zero-order chi connectivity index (χ0) is 16.8. The molecule has 1 atom stereocenters. The number of anilines is 1. The molecule has 2 N–H and O–H groups in total. The molecule has 4 heteroatoms. The van der Waals surface area contributed by atoms with E-state index in [1.807, 2.05) is 42.5 Å². The molecule has 0 spiro atoms. The monoisotopic (exact) mass is 342 g/mol. The Morgan fingerprint density at radius 2 is 1.62 bits per heavy atom. The van der Waals surface area contributed by atoms with Crippen LogP contribution >= 0.6 is 11.6 Å². The molecule has 2 aromatic rings. The molecule has 0 unspecified atom stereocenters. The molecule has 1 aliphatic carbocycles. The van der Waals surface area contributed by atoms with E-state index in [4.69, 9.17) is 11.6 Å². The summed E-state index contributed by atoms with van der Waals surface area (Å²) in [6.07, 6.45) is 6.04. The van der Waals surface area contributed by atoms with Crippen molar-refractivity contribution in [3.63, 3.8) is 0 Å². The van der Waals surface area contributed by atoms with Crippen molar-refractivity contribution in [2.24, 2.45) is 0 Å². The highest BCUT2D eigenvalue weighted by Gasteiger charge is 2.24. The molecular weight excluding hydrogens is 320 g/mol. The normalized spacial score (nSPS) is 16.5. The first-order valence-electron chi connectivity index (χ1n) is 8.60. The molecule has 0 radical (unpaired) electrons. The van der Waals surface area contributed by atoms with Crippen LogP contribution in [0.2, 0.25) is 5.02 Å². The van der Waals surface area contributed by atoms with Crippen molar-refractivity contribution in [3.05, 3.63) is 65.2 Å². The van der Waals surface area contributed by atoms with Gasteiger partial charge in [-0.1, -0.05) is 61.2 Å². The quantitative estimate of drug-likeness (QED) is 0.807. The number of carbonyl (C=O) groups is 1. The average Bonchev–Trinajstić information content (AvgIpc) is 2.63. The van der Waals surface area contributed by atoms with E-state index in [-0.39, 0.29) is 11.9 Å². The predicted molar refractivity (Wildman–Crippen MR) is 99.3 cm³/mol. The number of benzene rings is 2. The Kier molecular flexibility index (Phi) is 5.89. The Bertz CT molecular complexity index is 651. The van der Waals surface area contributed by atoms with Crippen LogP contribution < -0.4 is 10.6 Å². The summed E-state index contributed by atoms with van der Waals surface area (Å²) in [7, 11) is 0. The van der Waals surface area contributed by atoms with Crippen LogP contribution in [0.1, 0.15) is 43.7 Å². The van der Waals surface area contributed by atoms with Gasteiger partial charge in [0.25, 0.3) is 0 Å². The van der Waals surface area contributed by atoms with Gasteiger partial charge in [-0.25, -0.2) is 0 Å². The number of amides is 1. The molecule has 1 aliphatic rings. The summed E-state index contributed by atoms with van der Waals surface area (Å²) in [4.78, 5) is 12.9. The second-order valence-corrected chi connectivity index (χ2v) is 6.78. The second-order valence-electron chi connectivity index (χ2n) is 6.34. The van der Waals surface area contributed by atoms with E-state index in [1.54, 1.807) is 12.1 Å². The zero-order valence-electron chi connectivity index (χ0n) is 13.7. The topological polar surface area (TPSA) is 41.1 Å². The highest BCUT2D eigenvalue weighted by Crippen LogP contribution is 2.23. The number of rotatable bonds is 5. The van der Waals surface area contributed by atoms with Crippen LogP contribution in [-0.2, 0) is 4.79 Å². The van der Waals surface area contributed by atoms with Gasteiger partial charge in [-0.2, -0.15) is 0 Å². The third-order valence-electron chi connectivity index (χ3n) is 4.51. The van der Waals surface area contributed by atoms with Crippen molar-refractivity contribution < 1.29 is 4.79 Å². The molecule has 1 saturated carbocycles. The molecule has 0 saturated heterocycles. The fourth-order valence-electron chi connectivity index (χ4n) is 3.22. The van der Waals surface area contributed by atoms with E-state index < -0.39 is 0 Å². The molecule has 0 bridgehead atoms. The third-order valence-corrected chi connectivity index (χ3v) is 4.77. The number of carbonyl (C=O) groups excluding carboxylic acids is 1. The van der Waals surface area contributed by atoms with E-state index in [0.717, 1.165) is 24.1 Å². The molecule has 126 valence electrons. The van der Waals surface area contributed by atoms with Crippen molar-refractivity contribution in [2.75, 3.05) is 5.32 Å². The number of nitrogens with one attached hydrogen (secondary N) is 2. The van der Waals surface area contributed by atoms with Crippen molar-refractivity contribution >= 4 is 23.2 Å². The molecule has 0 aliphatic heterocycles. The lowest BCUT2D eigenvalue weighted by Gasteiger charge is -2.28. The maximum absolute atomic E-state index is 12.9. The Morgan fingerprint density at radius 1 is 0.958 bits per heavy atom. The van der Waals surface area contributed by atoms with Gasteiger partial charge in [0.1, 0.15) is 6.04 Å². The summed E-state index contributed by atoms with van der Waals surface area (Å²) in [5, 5.41) is 7.22. The summed E-state index contributed by atoms with van der Waals surface area (Å²) >= 11 is 5.91. The minimum absolute atomic E-state index is 0.0332. The molecule has 0 aromatic heterocycles. The highest BCUT2D eigenvalue weighted by atomic mass is 35.5. The van der Waals surface area contributed by atoms with Gasteiger partial charge in [-0.15, -0.1) is 0 Å². The van der Waals surface area contributed by atoms with E-state index in [2.05, 4.69) is 10.6 Å². The first-order chi connectivity index (χ1) is 11.7. The molecule has 24 heavy (non-hydrogen) atoms. The minimum Gasteiger partial charge on any atom is -0.324 e. The van der Waals surface area contributed by atoms with Crippen LogP contribution in [0.4, 0.5) is 5.69 Å². The fraction of sp³-hybridized carbons (Fsp3) is 0.350. The fourth-order valence-corrected chi connectivity index (χ4v) is 3.35. The number of hydrogen-bond acceptors (Lipinski definition) is 2. The van der Waals surface area contributed by atoms with Gasteiger partial charge in [0.15, 0.2) is 0 Å².